The van der Waals surface area contributed by atoms with E-state index >= 15 is 0 Å². The van der Waals surface area contributed by atoms with E-state index in [0.717, 1.165) is 6.54 Å². The lowest BCUT2D eigenvalue weighted by Crippen LogP contribution is -3.10. The van der Waals surface area contributed by atoms with Gasteiger partial charge in [-0.1, -0.05) is 46.3 Å². The number of nitrogens with one attached hydrogen (secondary N) is 1. The minimum Gasteiger partial charge on any atom is -0.333 e. The number of hydrogen-bond acceptors (Lipinski definition) is 0. The molecule has 0 radical (unpaired) electrons. The highest BCUT2D eigenvalue weighted by atomic mass is 79.9. The number of quaternary nitrogens is 1. The Morgan fingerprint density at radius 3 is 2.64 bits per heavy atom. The number of benzene rings is 1. The predicted molar refractivity (Wildman–Crippen MR) is 63.8 cm³/mol. The molecule has 14 heavy (non-hydrogen) atoms. The summed E-state index contributed by atoms with van der Waals surface area (Å²) in [4.78, 5) is 2.06. The van der Waals surface area contributed by atoms with Crippen molar-refractivity contribution in [3.05, 3.63) is 42.0 Å². The van der Waals surface area contributed by atoms with E-state index in [0.29, 0.717) is 4.83 Å². The highest BCUT2D eigenvalue weighted by Crippen LogP contribution is 2.23. The summed E-state index contributed by atoms with van der Waals surface area (Å²) >= 11 is 3.74. The standard InChI is InChI=1S/C12H14BrN/c1-14-8-7-11(12(13)9-14)10-5-3-2-4-6-10/h2-7,12H,8-9H2,1H3/p+1. The molecule has 2 unspecified atom stereocenters. The molecule has 1 aliphatic heterocycles. The molecule has 1 aromatic carbocycles. The molecular weight excluding hydrogens is 238 g/mol. The molecule has 1 N–H and O–H groups in total. The van der Waals surface area contributed by atoms with Crippen molar-refractivity contribution in [1.29, 1.82) is 0 Å². The molecule has 1 aromatic rings. The maximum absolute atomic E-state index is 3.74. The van der Waals surface area contributed by atoms with Crippen molar-refractivity contribution >= 4 is 21.5 Å². The molecule has 2 heteroatoms. The SMILES string of the molecule is C[NH+]1CC=C(c2ccccc2)C(Br)C1. The molecule has 0 spiro atoms. The van der Waals surface area contributed by atoms with Crippen molar-refractivity contribution in [2.45, 2.75) is 4.83 Å². The summed E-state index contributed by atoms with van der Waals surface area (Å²) < 4.78 is 0. The van der Waals surface area contributed by atoms with Gasteiger partial charge in [-0.15, -0.1) is 0 Å². The first kappa shape index (κ1) is 9.94. The highest BCUT2D eigenvalue weighted by Gasteiger charge is 2.21. The van der Waals surface area contributed by atoms with Crippen molar-refractivity contribution in [2.24, 2.45) is 0 Å². The van der Waals surface area contributed by atoms with Gasteiger partial charge in [0.05, 0.1) is 25.0 Å². The third kappa shape index (κ3) is 2.07. The van der Waals surface area contributed by atoms with Crippen molar-refractivity contribution in [2.75, 3.05) is 20.1 Å². The number of alkyl halides is 1. The van der Waals surface area contributed by atoms with Crippen LogP contribution in [-0.2, 0) is 0 Å². The summed E-state index contributed by atoms with van der Waals surface area (Å²) in [5.41, 5.74) is 2.79. The lowest BCUT2D eigenvalue weighted by atomic mass is 10.00. The highest BCUT2D eigenvalue weighted by molar-refractivity contribution is 9.09. The molecule has 0 saturated heterocycles. The molecule has 1 aliphatic rings. The summed E-state index contributed by atoms with van der Waals surface area (Å²) in [6, 6.07) is 10.6. The van der Waals surface area contributed by atoms with Gasteiger partial charge in [-0.25, -0.2) is 0 Å². The van der Waals surface area contributed by atoms with Gasteiger partial charge < -0.3 is 4.90 Å². The lowest BCUT2D eigenvalue weighted by Gasteiger charge is -2.24. The molecule has 0 aliphatic carbocycles. The van der Waals surface area contributed by atoms with Gasteiger partial charge >= 0.3 is 0 Å². The van der Waals surface area contributed by atoms with E-state index in [9.17, 15) is 0 Å². The van der Waals surface area contributed by atoms with E-state index < -0.39 is 0 Å². The number of halogens is 1. The Morgan fingerprint density at radius 1 is 1.29 bits per heavy atom. The first-order chi connectivity index (χ1) is 6.77. The van der Waals surface area contributed by atoms with E-state index in [4.69, 9.17) is 0 Å². The maximum Gasteiger partial charge on any atom is 0.0962 e. The van der Waals surface area contributed by atoms with Gasteiger partial charge in [-0.2, -0.15) is 0 Å². The molecule has 74 valence electrons. The van der Waals surface area contributed by atoms with Gasteiger partial charge in [-0.3, -0.25) is 0 Å². The first-order valence-electron chi connectivity index (χ1n) is 4.98. The van der Waals surface area contributed by atoms with Crippen LogP contribution in [0.5, 0.6) is 0 Å². The number of rotatable bonds is 1. The van der Waals surface area contributed by atoms with Crippen LogP contribution < -0.4 is 4.90 Å². The van der Waals surface area contributed by atoms with Crippen LogP contribution in [0.1, 0.15) is 5.56 Å². The zero-order valence-corrected chi connectivity index (χ0v) is 9.92. The van der Waals surface area contributed by atoms with Gasteiger partial charge in [0.25, 0.3) is 0 Å². The van der Waals surface area contributed by atoms with E-state index in [1.54, 1.807) is 4.90 Å². The van der Waals surface area contributed by atoms with Crippen LogP contribution in [0.4, 0.5) is 0 Å². The normalized spacial score (nSPS) is 27.1. The third-order valence-corrected chi connectivity index (χ3v) is 3.46. The Morgan fingerprint density at radius 2 is 2.00 bits per heavy atom. The average Bonchev–Trinajstić information content (AvgIpc) is 2.19. The Hall–Kier alpha value is -0.600. The van der Waals surface area contributed by atoms with Gasteiger partial charge in [0.15, 0.2) is 0 Å². The summed E-state index contributed by atoms with van der Waals surface area (Å²) in [5, 5.41) is 0. The second-order valence-corrected chi connectivity index (χ2v) is 4.96. The van der Waals surface area contributed by atoms with Crippen molar-refractivity contribution < 1.29 is 4.90 Å². The van der Waals surface area contributed by atoms with Crippen LogP contribution in [-0.4, -0.2) is 25.0 Å². The van der Waals surface area contributed by atoms with Crippen molar-refractivity contribution in [3.8, 4) is 0 Å². The molecular formula is C12H15BrN+. The van der Waals surface area contributed by atoms with Crippen molar-refractivity contribution in [1.82, 2.24) is 0 Å². The first-order valence-corrected chi connectivity index (χ1v) is 5.90. The molecule has 0 fully saturated rings. The minimum absolute atomic E-state index is 0.499. The Bertz CT molecular complexity index is 331. The fourth-order valence-corrected chi connectivity index (χ4v) is 2.84. The summed E-state index contributed by atoms with van der Waals surface area (Å²) in [7, 11) is 2.23. The lowest BCUT2D eigenvalue weighted by molar-refractivity contribution is -0.873. The summed E-state index contributed by atoms with van der Waals surface area (Å²) in [6.45, 7) is 2.30. The monoisotopic (exact) mass is 252 g/mol. The van der Waals surface area contributed by atoms with E-state index in [1.165, 1.54) is 17.7 Å². The van der Waals surface area contributed by atoms with Crippen molar-refractivity contribution in [3.63, 3.8) is 0 Å². The summed E-state index contributed by atoms with van der Waals surface area (Å²) in [5.74, 6) is 0. The zero-order valence-electron chi connectivity index (χ0n) is 8.33. The number of likely N-dealkylation sites (N-methyl/N-ethyl adjacent to an activating group) is 1. The fourth-order valence-electron chi connectivity index (χ4n) is 1.84. The molecule has 2 rings (SSSR count). The maximum atomic E-state index is 3.74. The molecule has 0 bridgehead atoms. The third-order valence-electron chi connectivity index (χ3n) is 2.64. The topological polar surface area (TPSA) is 4.44 Å². The van der Waals surface area contributed by atoms with Gasteiger partial charge in [0.2, 0.25) is 0 Å². The van der Waals surface area contributed by atoms with Gasteiger partial charge in [-0.05, 0) is 17.2 Å². The van der Waals surface area contributed by atoms with Crippen LogP contribution in [0.15, 0.2) is 36.4 Å². The molecule has 0 saturated carbocycles. The van der Waals surface area contributed by atoms with E-state index in [-0.39, 0.29) is 0 Å². The second-order valence-electron chi connectivity index (χ2n) is 3.86. The molecule has 0 amide bonds. The fraction of sp³-hybridized carbons (Fsp3) is 0.333. The second kappa shape index (κ2) is 4.28. The summed E-state index contributed by atoms with van der Waals surface area (Å²) in [6.07, 6.45) is 2.34. The Labute approximate surface area is 93.6 Å². The van der Waals surface area contributed by atoms with E-state index in [1.807, 2.05) is 0 Å². The molecule has 2 atom stereocenters. The van der Waals surface area contributed by atoms with Crippen LogP contribution >= 0.6 is 15.9 Å². The molecule has 1 nitrogen and oxygen atoms in total. The smallest absolute Gasteiger partial charge is 0.0962 e. The Balaban J connectivity index is 2.27. The van der Waals surface area contributed by atoms with Crippen LogP contribution in [0.2, 0.25) is 0 Å². The largest absolute Gasteiger partial charge is 0.333 e. The quantitative estimate of drug-likeness (QED) is 0.721. The minimum atomic E-state index is 0.499. The van der Waals surface area contributed by atoms with Gasteiger partial charge in [0, 0.05) is 0 Å². The van der Waals surface area contributed by atoms with Crippen LogP contribution in [0.3, 0.4) is 0 Å². The van der Waals surface area contributed by atoms with Crippen LogP contribution in [0.25, 0.3) is 5.57 Å². The molecule has 0 aromatic heterocycles. The zero-order chi connectivity index (χ0) is 9.97. The predicted octanol–water partition coefficient (Wildman–Crippen LogP) is 1.36. The average molecular weight is 253 g/mol. The Kier molecular flexibility index (Phi) is 3.04. The van der Waals surface area contributed by atoms with Gasteiger partial charge in [0.1, 0.15) is 0 Å². The van der Waals surface area contributed by atoms with E-state index in [2.05, 4.69) is 59.4 Å². The number of hydrogen-bond donors (Lipinski definition) is 1. The van der Waals surface area contributed by atoms with Crippen LogP contribution in [0, 0.1) is 0 Å². The molecule has 1 heterocycles.